The summed E-state index contributed by atoms with van der Waals surface area (Å²) in [4.78, 5) is 39.0. The zero-order valence-corrected chi connectivity index (χ0v) is 21.8. The summed E-state index contributed by atoms with van der Waals surface area (Å²) in [6, 6.07) is 13.2. The molecule has 0 aromatic heterocycles. The first-order chi connectivity index (χ1) is 17.3. The maximum absolute atomic E-state index is 11.8. The molecule has 2 aromatic rings. The molecule has 7 nitrogen and oxygen atoms in total. The fourth-order valence-corrected chi connectivity index (χ4v) is 4.77. The van der Waals surface area contributed by atoms with E-state index in [1.807, 2.05) is 30.3 Å². The highest BCUT2D eigenvalue weighted by Gasteiger charge is 2.28. The highest BCUT2D eigenvalue weighted by molar-refractivity contribution is 6.30. The van der Waals surface area contributed by atoms with Gasteiger partial charge >= 0.3 is 5.97 Å². The lowest BCUT2D eigenvalue weighted by atomic mass is 9.99. The highest BCUT2D eigenvalue weighted by atomic mass is 35.5. The van der Waals surface area contributed by atoms with Crippen LogP contribution >= 0.6 is 11.6 Å². The minimum absolute atomic E-state index is 0.00545. The number of aryl methyl sites for hydroxylation is 1. The number of carbonyl (C=O) groups excluding carboxylic acids is 2. The van der Waals surface area contributed by atoms with E-state index in [4.69, 9.17) is 16.3 Å². The van der Waals surface area contributed by atoms with Crippen LogP contribution in [0.3, 0.4) is 0 Å². The molecule has 36 heavy (non-hydrogen) atoms. The SMILES string of the molecule is CCCCN(Cc1ccc(CCCN2C(=O)CCC2=O)c(OC)c1)C(CC(=O)O)c1ccc(Cl)cc1. The van der Waals surface area contributed by atoms with E-state index < -0.39 is 5.97 Å². The number of methoxy groups -OCH3 is 1. The first-order valence-corrected chi connectivity index (χ1v) is 12.9. The average Bonchev–Trinajstić information content (AvgIpc) is 3.18. The molecular formula is C28H35ClN2O5. The molecule has 8 heteroatoms. The number of likely N-dealkylation sites (tertiary alicyclic amines) is 1. The van der Waals surface area contributed by atoms with Crippen molar-refractivity contribution in [3.8, 4) is 5.75 Å². The van der Waals surface area contributed by atoms with E-state index in [2.05, 4.69) is 11.8 Å². The summed E-state index contributed by atoms with van der Waals surface area (Å²) in [5, 5.41) is 10.3. The fourth-order valence-electron chi connectivity index (χ4n) is 4.64. The van der Waals surface area contributed by atoms with Crippen molar-refractivity contribution in [1.29, 1.82) is 0 Å². The number of aliphatic carboxylic acids is 1. The van der Waals surface area contributed by atoms with Crippen molar-refractivity contribution in [2.24, 2.45) is 0 Å². The molecule has 1 heterocycles. The smallest absolute Gasteiger partial charge is 0.305 e. The van der Waals surface area contributed by atoms with Crippen LogP contribution in [0.15, 0.2) is 42.5 Å². The maximum atomic E-state index is 11.8. The first kappa shape index (κ1) is 27.7. The molecular weight excluding hydrogens is 480 g/mol. The van der Waals surface area contributed by atoms with Gasteiger partial charge in [-0.15, -0.1) is 0 Å². The number of carboxylic acids is 1. The van der Waals surface area contributed by atoms with Crippen LogP contribution in [-0.2, 0) is 27.3 Å². The minimum Gasteiger partial charge on any atom is -0.496 e. The Kier molecular flexibility index (Phi) is 10.3. The van der Waals surface area contributed by atoms with Crippen molar-refractivity contribution in [2.75, 3.05) is 20.2 Å². The van der Waals surface area contributed by atoms with Gasteiger partial charge in [-0.2, -0.15) is 0 Å². The number of benzene rings is 2. The molecule has 2 aromatic carbocycles. The number of imide groups is 1. The molecule has 0 aliphatic carbocycles. The summed E-state index contributed by atoms with van der Waals surface area (Å²) in [5.41, 5.74) is 2.97. The van der Waals surface area contributed by atoms with E-state index >= 15 is 0 Å². The Balaban J connectivity index is 1.75. The number of carbonyl (C=O) groups is 3. The number of amides is 2. The van der Waals surface area contributed by atoms with Crippen molar-refractivity contribution in [3.63, 3.8) is 0 Å². The Bertz CT molecular complexity index is 1040. The predicted octanol–water partition coefficient (Wildman–Crippen LogP) is 5.25. The van der Waals surface area contributed by atoms with Crippen LogP contribution in [0.1, 0.15) is 68.2 Å². The largest absolute Gasteiger partial charge is 0.496 e. The molecule has 1 N–H and O–H groups in total. The number of unbranched alkanes of at least 4 members (excludes halogenated alkanes) is 1. The summed E-state index contributed by atoms with van der Waals surface area (Å²) in [5.74, 6) is -0.278. The van der Waals surface area contributed by atoms with Crippen molar-refractivity contribution in [1.82, 2.24) is 9.80 Å². The van der Waals surface area contributed by atoms with Gasteiger partial charge in [-0.1, -0.05) is 49.2 Å². The summed E-state index contributed by atoms with van der Waals surface area (Å²) < 4.78 is 5.66. The van der Waals surface area contributed by atoms with Crippen LogP contribution in [0.4, 0.5) is 0 Å². The third-order valence-corrected chi connectivity index (χ3v) is 6.83. The zero-order chi connectivity index (χ0) is 26.1. The normalized spacial score (nSPS) is 14.5. The molecule has 1 aliphatic heterocycles. The Hall–Kier alpha value is -2.90. The van der Waals surface area contributed by atoms with Crippen LogP contribution in [0, 0.1) is 0 Å². The van der Waals surface area contributed by atoms with Gasteiger partial charge in [0.15, 0.2) is 0 Å². The molecule has 0 saturated carbocycles. The number of halogens is 1. The van der Waals surface area contributed by atoms with Crippen molar-refractivity contribution < 1.29 is 24.2 Å². The maximum Gasteiger partial charge on any atom is 0.305 e. The fraction of sp³-hybridized carbons (Fsp3) is 0.464. The Morgan fingerprint density at radius 1 is 1.11 bits per heavy atom. The van der Waals surface area contributed by atoms with Crippen molar-refractivity contribution >= 4 is 29.4 Å². The molecule has 194 valence electrons. The lowest BCUT2D eigenvalue weighted by molar-refractivity contribution is -0.139. The van der Waals surface area contributed by atoms with Crippen LogP contribution in [0.2, 0.25) is 5.02 Å². The molecule has 0 bridgehead atoms. The highest BCUT2D eigenvalue weighted by Crippen LogP contribution is 2.30. The average molecular weight is 515 g/mol. The molecule has 1 aliphatic rings. The number of rotatable bonds is 14. The molecule has 0 radical (unpaired) electrons. The van der Waals surface area contributed by atoms with Crippen LogP contribution in [0.25, 0.3) is 0 Å². The third-order valence-electron chi connectivity index (χ3n) is 6.58. The quantitative estimate of drug-likeness (QED) is 0.346. The number of ether oxygens (including phenoxy) is 1. The Morgan fingerprint density at radius 3 is 2.42 bits per heavy atom. The molecule has 0 spiro atoms. The van der Waals surface area contributed by atoms with E-state index in [1.165, 1.54) is 4.90 Å². The number of nitrogens with zero attached hydrogens (tertiary/aromatic N) is 2. The van der Waals surface area contributed by atoms with Gasteiger partial charge in [0.1, 0.15) is 5.75 Å². The number of carboxylic acid groups (broad SMARTS) is 1. The van der Waals surface area contributed by atoms with Gasteiger partial charge in [0.25, 0.3) is 0 Å². The van der Waals surface area contributed by atoms with Gasteiger partial charge in [0.05, 0.1) is 13.5 Å². The molecule has 1 atom stereocenters. The van der Waals surface area contributed by atoms with Crippen molar-refractivity contribution in [2.45, 2.75) is 64.5 Å². The van der Waals surface area contributed by atoms with Gasteiger partial charge in [0.2, 0.25) is 11.8 Å². The summed E-state index contributed by atoms with van der Waals surface area (Å²) in [6.07, 6.45) is 3.93. The Labute approximate surface area is 218 Å². The van der Waals surface area contributed by atoms with Crippen LogP contribution < -0.4 is 4.74 Å². The second-order valence-electron chi connectivity index (χ2n) is 9.18. The summed E-state index contributed by atoms with van der Waals surface area (Å²) >= 11 is 6.07. The minimum atomic E-state index is -0.848. The van der Waals surface area contributed by atoms with Gasteiger partial charge < -0.3 is 9.84 Å². The van der Waals surface area contributed by atoms with E-state index in [0.717, 1.165) is 41.8 Å². The number of hydrogen-bond acceptors (Lipinski definition) is 5. The lowest BCUT2D eigenvalue weighted by Gasteiger charge is -2.31. The summed E-state index contributed by atoms with van der Waals surface area (Å²) in [6.45, 7) is 3.88. The van der Waals surface area contributed by atoms with E-state index in [0.29, 0.717) is 43.8 Å². The van der Waals surface area contributed by atoms with Crippen molar-refractivity contribution in [3.05, 3.63) is 64.2 Å². The predicted molar refractivity (Wildman–Crippen MR) is 139 cm³/mol. The van der Waals surface area contributed by atoms with Crippen LogP contribution in [0.5, 0.6) is 5.75 Å². The van der Waals surface area contributed by atoms with Gasteiger partial charge in [-0.05, 0) is 60.7 Å². The first-order valence-electron chi connectivity index (χ1n) is 12.5. The molecule has 1 saturated heterocycles. The number of hydrogen-bond donors (Lipinski definition) is 1. The third kappa shape index (κ3) is 7.55. The molecule has 1 fully saturated rings. The van der Waals surface area contributed by atoms with E-state index in [1.54, 1.807) is 19.2 Å². The molecule has 1 unspecified atom stereocenters. The van der Waals surface area contributed by atoms with E-state index in [-0.39, 0.29) is 24.3 Å². The lowest BCUT2D eigenvalue weighted by Crippen LogP contribution is -2.31. The standard InChI is InChI=1S/C28H35ClN2O5/c1-3-4-15-30(24(18-28(34)35)21-9-11-23(29)12-10-21)19-20-7-8-22(25(17-20)36-2)6-5-16-31-26(32)13-14-27(31)33/h7-12,17,24H,3-6,13-16,18-19H2,1-2H3,(H,34,35). The van der Waals surface area contributed by atoms with Gasteiger partial charge in [-0.25, -0.2) is 0 Å². The Morgan fingerprint density at radius 2 is 1.81 bits per heavy atom. The van der Waals surface area contributed by atoms with Gasteiger partial charge in [-0.3, -0.25) is 24.2 Å². The monoisotopic (exact) mass is 514 g/mol. The second-order valence-corrected chi connectivity index (χ2v) is 9.61. The van der Waals surface area contributed by atoms with Crippen LogP contribution in [-0.4, -0.2) is 52.9 Å². The zero-order valence-electron chi connectivity index (χ0n) is 21.0. The van der Waals surface area contributed by atoms with E-state index in [9.17, 15) is 19.5 Å². The molecule has 3 rings (SSSR count). The second kappa shape index (κ2) is 13.4. The molecule has 2 amide bonds. The summed E-state index contributed by atoms with van der Waals surface area (Å²) in [7, 11) is 1.63. The van der Waals surface area contributed by atoms with Gasteiger partial charge in [0, 0.05) is 37.0 Å². The topological polar surface area (TPSA) is 87.2 Å².